The van der Waals surface area contributed by atoms with Crippen molar-refractivity contribution in [3.05, 3.63) is 44.6 Å². The average molecular weight is 344 g/mol. The molecule has 0 fully saturated rings. The second-order valence-corrected chi connectivity index (χ2v) is 6.64. The summed E-state index contributed by atoms with van der Waals surface area (Å²) < 4.78 is 0.983. The van der Waals surface area contributed by atoms with E-state index in [0.717, 1.165) is 25.7 Å². The van der Waals surface area contributed by atoms with Gasteiger partial charge in [-0.25, -0.2) is 4.79 Å². The summed E-state index contributed by atoms with van der Waals surface area (Å²) in [6.07, 6.45) is 0. The molecule has 0 bridgehead atoms. The van der Waals surface area contributed by atoms with Gasteiger partial charge in [-0.2, -0.15) is 0 Å². The lowest BCUT2D eigenvalue weighted by molar-refractivity contribution is 0.0702. The van der Waals surface area contributed by atoms with Crippen LogP contribution in [0.4, 0.5) is 5.69 Å². The van der Waals surface area contributed by atoms with Gasteiger partial charge in [0.1, 0.15) is 4.88 Å². The van der Waals surface area contributed by atoms with Crippen LogP contribution in [-0.2, 0) is 5.75 Å². The van der Waals surface area contributed by atoms with Crippen LogP contribution < -0.4 is 5.73 Å². The molecule has 18 heavy (non-hydrogen) atoms. The summed E-state index contributed by atoms with van der Waals surface area (Å²) in [5, 5.41) is 8.84. The molecule has 0 atom stereocenters. The Hall–Kier alpha value is -0.980. The maximum absolute atomic E-state index is 10.8. The molecule has 0 unspecified atom stereocenters. The Morgan fingerprint density at radius 3 is 2.83 bits per heavy atom. The van der Waals surface area contributed by atoms with Crippen molar-refractivity contribution in [3.63, 3.8) is 0 Å². The first-order valence-electron chi connectivity index (χ1n) is 5.06. The van der Waals surface area contributed by atoms with E-state index in [1.54, 1.807) is 17.8 Å². The van der Waals surface area contributed by atoms with E-state index < -0.39 is 5.97 Å². The Labute approximate surface area is 121 Å². The van der Waals surface area contributed by atoms with Gasteiger partial charge in [-0.3, -0.25) is 0 Å². The van der Waals surface area contributed by atoms with Crippen molar-refractivity contribution in [2.45, 2.75) is 10.6 Å². The molecule has 1 aromatic carbocycles. The highest BCUT2D eigenvalue weighted by Crippen LogP contribution is 2.32. The third-order valence-corrected chi connectivity index (χ3v) is 5.09. The predicted octanol–water partition coefficient (Wildman–Crippen LogP) is 4.08. The van der Waals surface area contributed by atoms with Crippen LogP contribution in [0, 0.1) is 0 Å². The highest BCUT2D eigenvalue weighted by atomic mass is 79.9. The number of anilines is 1. The Balaban J connectivity index is 2.06. The van der Waals surface area contributed by atoms with Crippen LogP contribution in [0.5, 0.6) is 0 Å². The molecule has 0 aliphatic carbocycles. The lowest BCUT2D eigenvalue weighted by Gasteiger charge is -2.04. The summed E-state index contributed by atoms with van der Waals surface area (Å²) in [4.78, 5) is 13.2. The first kappa shape index (κ1) is 13.5. The zero-order valence-electron chi connectivity index (χ0n) is 9.22. The molecule has 1 aromatic heterocycles. The van der Waals surface area contributed by atoms with Gasteiger partial charge in [0.2, 0.25) is 0 Å². The third kappa shape index (κ3) is 3.28. The van der Waals surface area contributed by atoms with Gasteiger partial charge < -0.3 is 10.8 Å². The number of nitrogen functional groups attached to an aromatic ring is 1. The van der Waals surface area contributed by atoms with E-state index in [-0.39, 0.29) is 0 Å². The topological polar surface area (TPSA) is 63.3 Å². The van der Waals surface area contributed by atoms with Crippen molar-refractivity contribution in [1.29, 1.82) is 0 Å². The molecule has 3 N–H and O–H groups in total. The molecule has 0 radical (unpaired) electrons. The Kier molecular flexibility index (Phi) is 4.31. The van der Waals surface area contributed by atoms with Gasteiger partial charge in [0.15, 0.2) is 0 Å². The Morgan fingerprint density at radius 2 is 2.17 bits per heavy atom. The van der Waals surface area contributed by atoms with Gasteiger partial charge in [0.25, 0.3) is 0 Å². The van der Waals surface area contributed by atoms with E-state index in [0.29, 0.717) is 4.88 Å². The lowest BCUT2D eigenvalue weighted by atomic mass is 10.3. The van der Waals surface area contributed by atoms with Crippen LogP contribution in [0.15, 0.2) is 39.7 Å². The van der Waals surface area contributed by atoms with Crippen molar-refractivity contribution < 1.29 is 9.90 Å². The zero-order valence-corrected chi connectivity index (χ0v) is 12.4. The molecule has 0 spiro atoms. The van der Waals surface area contributed by atoms with Crippen molar-refractivity contribution in [2.24, 2.45) is 0 Å². The second kappa shape index (κ2) is 5.77. The molecule has 0 aliphatic heterocycles. The highest BCUT2D eigenvalue weighted by molar-refractivity contribution is 9.10. The number of hydrogen-bond donors (Lipinski definition) is 2. The van der Waals surface area contributed by atoms with Crippen molar-refractivity contribution in [1.82, 2.24) is 0 Å². The number of aromatic carboxylic acids is 1. The number of thioether (sulfide) groups is 1. The quantitative estimate of drug-likeness (QED) is 0.648. The number of benzene rings is 1. The molecule has 0 aliphatic rings. The van der Waals surface area contributed by atoms with Crippen LogP contribution in [0.3, 0.4) is 0 Å². The summed E-state index contributed by atoms with van der Waals surface area (Å²) in [5.41, 5.74) is 6.61. The van der Waals surface area contributed by atoms with Gasteiger partial charge in [-0.15, -0.1) is 23.1 Å². The smallest absolute Gasteiger partial charge is 0.345 e. The number of carbonyl (C=O) groups is 1. The number of carboxylic acid groups (broad SMARTS) is 1. The number of rotatable bonds is 4. The minimum Gasteiger partial charge on any atom is -0.477 e. The summed E-state index contributed by atoms with van der Waals surface area (Å²) in [5.74, 6) is -0.156. The number of carboxylic acids is 1. The molecule has 0 saturated carbocycles. The average Bonchev–Trinajstić information content (AvgIpc) is 2.79. The first-order valence-corrected chi connectivity index (χ1v) is 7.65. The molecule has 0 amide bonds. The minimum atomic E-state index is -0.877. The van der Waals surface area contributed by atoms with E-state index in [1.807, 2.05) is 24.3 Å². The van der Waals surface area contributed by atoms with Gasteiger partial charge >= 0.3 is 5.97 Å². The van der Waals surface area contributed by atoms with Gasteiger partial charge in [0, 0.05) is 25.7 Å². The second-order valence-electron chi connectivity index (χ2n) is 3.54. The molecule has 1 heterocycles. The fourth-order valence-electron chi connectivity index (χ4n) is 1.35. The fourth-order valence-corrected chi connectivity index (χ4v) is 3.76. The molecular formula is C12H10BrNO2S2. The Morgan fingerprint density at radius 1 is 1.39 bits per heavy atom. The van der Waals surface area contributed by atoms with E-state index >= 15 is 0 Å². The third-order valence-electron chi connectivity index (χ3n) is 2.22. The normalized spacial score (nSPS) is 10.5. The largest absolute Gasteiger partial charge is 0.477 e. The van der Waals surface area contributed by atoms with E-state index in [2.05, 4.69) is 15.9 Å². The summed E-state index contributed by atoms with van der Waals surface area (Å²) in [6, 6.07) is 9.19. The van der Waals surface area contributed by atoms with E-state index in [9.17, 15) is 4.79 Å². The molecule has 2 aromatic rings. The van der Waals surface area contributed by atoms with Crippen LogP contribution in [0.25, 0.3) is 0 Å². The zero-order chi connectivity index (χ0) is 13.1. The number of halogens is 1. The van der Waals surface area contributed by atoms with Crippen LogP contribution >= 0.6 is 39.0 Å². The molecule has 2 rings (SSSR count). The number of thiophene rings is 1. The monoisotopic (exact) mass is 343 g/mol. The van der Waals surface area contributed by atoms with Crippen LogP contribution in [0.2, 0.25) is 0 Å². The Bertz CT molecular complexity index is 583. The standard InChI is InChI=1S/C12H10BrNO2S2/c13-7-1-3-9(14)11(5-7)17-6-8-2-4-10(18-8)12(15)16/h1-5H,6,14H2,(H,15,16). The van der Waals surface area contributed by atoms with Crippen molar-refractivity contribution in [2.75, 3.05) is 5.73 Å². The maximum atomic E-state index is 10.8. The van der Waals surface area contributed by atoms with E-state index in [4.69, 9.17) is 10.8 Å². The van der Waals surface area contributed by atoms with E-state index in [1.165, 1.54) is 11.3 Å². The van der Waals surface area contributed by atoms with Gasteiger partial charge in [-0.05, 0) is 30.3 Å². The van der Waals surface area contributed by atoms with Crippen LogP contribution in [0.1, 0.15) is 14.5 Å². The lowest BCUT2D eigenvalue weighted by Crippen LogP contribution is -1.89. The fraction of sp³-hybridized carbons (Fsp3) is 0.0833. The summed E-state index contributed by atoms with van der Waals surface area (Å²) in [6.45, 7) is 0. The number of hydrogen-bond acceptors (Lipinski definition) is 4. The molecular weight excluding hydrogens is 334 g/mol. The van der Waals surface area contributed by atoms with Gasteiger partial charge in [-0.1, -0.05) is 15.9 Å². The minimum absolute atomic E-state index is 0.368. The summed E-state index contributed by atoms with van der Waals surface area (Å²) in [7, 11) is 0. The van der Waals surface area contributed by atoms with Crippen molar-refractivity contribution in [3.8, 4) is 0 Å². The summed E-state index contributed by atoms with van der Waals surface area (Å²) >= 11 is 6.30. The molecule has 3 nitrogen and oxygen atoms in total. The SMILES string of the molecule is Nc1ccc(Br)cc1SCc1ccc(C(=O)O)s1. The van der Waals surface area contributed by atoms with Crippen molar-refractivity contribution >= 4 is 50.7 Å². The number of nitrogens with two attached hydrogens (primary N) is 1. The molecule has 94 valence electrons. The van der Waals surface area contributed by atoms with Gasteiger partial charge in [0.05, 0.1) is 0 Å². The predicted molar refractivity (Wildman–Crippen MR) is 79.4 cm³/mol. The first-order chi connectivity index (χ1) is 8.56. The highest BCUT2D eigenvalue weighted by Gasteiger charge is 2.08. The van der Waals surface area contributed by atoms with Crippen LogP contribution in [-0.4, -0.2) is 11.1 Å². The molecule has 0 saturated heterocycles. The molecule has 6 heteroatoms. The maximum Gasteiger partial charge on any atom is 0.345 e.